The van der Waals surface area contributed by atoms with E-state index in [1.807, 2.05) is 0 Å². The zero-order chi connectivity index (χ0) is 13.5. The van der Waals surface area contributed by atoms with Gasteiger partial charge in [-0.2, -0.15) is 0 Å². The van der Waals surface area contributed by atoms with Gasteiger partial charge in [0.25, 0.3) is 0 Å². The Morgan fingerprint density at radius 2 is 1.94 bits per heavy atom. The van der Waals surface area contributed by atoms with E-state index < -0.39 is 0 Å². The number of rotatable bonds is 7. The zero-order valence-corrected chi connectivity index (χ0v) is 12.7. The van der Waals surface area contributed by atoms with Gasteiger partial charge in [-0.05, 0) is 43.7 Å². The number of hydrogen-bond donors (Lipinski definition) is 2. The Morgan fingerprint density at radius 1 is 1.22 bits per heavy atom. The number of likely N-dealkylation sites (N-methyl/N-ethyl adjacent to an activating group) is 1. The molecule has 0 aromatic carbocycles. The standard InChI is InChI=1S/C15H32N2O/c1-5-16-15-10-12(3)9-13(4)14(15)11-17(6-2)7-8-18/h12-16,18H,5-11H2,1-4H3. The number of aliphatic hydroxyl groups is 1. The van der Waals surface area contributed by atoms with E-state index in [4.69, 9.17) is 5.11 Å². The van der Waals surface area contributed by atoms with E-state index in [1.54, 1.807) is 0 Å². The van der Waals surface area contributed by atoms with Gasteiger partial charge in [-0.15, -0.1) is 0 Å². The second kappa shape index (κ2) is 8.13. The van der Waals surface area contributed by atoms with E-state index >= 15 is 0 Å². The molecule has 1 saturated carbocycles. The van der Waals surface area contributed by atoms with Crippen molar-refractivity contribution in [3.8, 4) is 0 Å². The predicted molar refractivity (Wildman–Crippen MR) is 77.7 cm³/mol. The first-order valence-electron chi connectivity index (χ1n) is 7.68. The van der Waals surface area contributed by atoms with Crippen LogP contribution in [0.4, 0.5) is 0 Å². The van der Waals surface area contributed by atoms with Crippen LogP contribution < -0.4 is 5.32 Å². The fraction of sp³-hybridized carbons (Fsp3) is 1.00. The summed E-state index contributed by atoms with van der Waals surface area (Å²) in [5.41, 5.74) is 0. The van der Waals surface area contributed by atoms with Gasteiger partial charge < -0.3 is 15.3 Å². The maximum atomic E-state index is 9.12. The molecular formula is C15H32N2O. The Hall–Kier alpha value is -0.120. The Kier molecular flexibility index (Phi) is 7.20. The molecule has 18 heavy (non-hydrogen) atoms. The minimum absolute atomic E-state index is 0.275. The molecule has 4 atom stereocenters. The van der Waals surface area contributed by atoms with E-state index in [1.165, 1.54) is 12.8 Å². The van der Waals surface area contributed by atoms with Crippen LogP contribution in [0.25, 0.3) is 0 Å². The van der Waals surface area contributed by atoms with Crippen LogP contribution in [0.1, 0.15) is 40.5 Å². The van der Waals surface area contributed by atoms with Crippen molar-refractivity contribution in [3.05, 3.63) is 0 Å². The number of aliphatic hydroxyl groups excluding tert-OH is 1. The molecule has 108 valence electrons. The number of nitrogens with one attached hydrogen (secondary N) is 1. The third kappa shape index (κ3) is 4.52. The molecule has 1 aliphatic rings. The average Bonchev–Trinajstić information content (AvgIpc) is 2.32. The van der Waals surface area contributed by atoms with Crippen molar-refractivity contribution < 1.29 is 5.11 Å². The number of nitrogens with zero attached hydrogens (tertiary/aromatic N) is 1. The molecule has 4 unspecified atom stereocenters. The van der Waals surface area contributed by atoms with Gasteiger partial charge in [0, 0.05) is 19.1 Å². The molecule has 1 aliphatic carbocycles. The van der Waals surface area contributed by atoms with Crippen LogP contribution in [0.15, 0.2) is 0 Å². The van der Waals surface area contributed by atoms with Crippen LogP contribution in [-0.4, -0.2) is 48.8 Å². The maximum Gasteiger partial charge on any atom is 0.0558 e. The second-order valence-electron chi connectivity index (χ2n) is 6.00. The Morgan fingerprint density at radius 3 is 2.50 bits per heavy atom. The summed E-state index contributed by atoms with van der Waals surface area (Å²) in [5, 5.41) is 12.8. The Balaban J connectivity index is 2.61. The van der Waals surface area contributed by atoms with E-state index in [0.29, 0.717) is 6.04 Å². The molecule has 0 aromatic heterocycles. The first-order chi connectivity index (χ1) is 8.62. The summed E-state index contributed by atoms with van der Waals surface area (Å²) >= 11 is 0. The van der Waals surface area contributed by atoms with E-state index in [0.717, 1.165) is 43.9 Å². The van der Waals surface area contributed by atoms with Gasteiger partial charge in [0.05, 0.1) is 6.61 Å². The molecule has 0 heterocycles. The van der Waals surface area contributed by atoms with Crippen LogP contribution in [0.5, 0.6) is 0 Å². The lowest BCUT2D eigenvalue weighted by atomic mass is 9.72. The van der Waals surface area contributed by atoms with E-state index in [2.05, 4.69) is 37.9 Å². The van der Waals surface area contributed by atoms with Crippen LogP contribution in [0.2, 0.25) is 0 Å². The first kappa shape index (κ1) is 15.9. The summed E-state index contributed by atoms with van der Waals surface area (Å²) in [6.45, 7) is 13.5. The van der Waals surface area contributed by atoms with E-state index in [-0.39, 0.29) is 6.61 Å². The fourth-order valence-electron chi connectivity index (χ4n) is 3.53. The molecule has 0 spiro atoms. The molecule has 1 rings (SSSR count). The molecule has 0 aromatic rings. The van der Waals surface area contributed by atoms with Crippen molar-refractivity contribution in [2.75, 3.05) is 32.8 Å². The third-order valence-corrected chi connectivity index (χ3v) is 4.48. The lowest BCUT2D eigenvalue weighted by molar-refractivity contribution is 0.0941. The fourth-order valence-corrected chi connectivity index (χ4v) is 3.53. The van der Waals surface area contributed by atoms with Gasteiger partial charge in [-0.3, -0.25) is 0 Å². The molecule has 3 heteroatoms. The monoisotopic (exact) mass is 256 g/mol. The first-order valence-corrected chi connectivity index (χ1v) is 7.68. The molecule has 1 fully saturated rings. The van der Waals surface area contributed by atoms with Crippen molar-refractivity contribution in [1.82, 2.24) is 10.2 Å². The Bertz CT molecular complexity index is 223. The minimum atomic E-state index is 0.275. The summed E-state index contributed by atoms with van der Waals surface area (Å²) in [5.74, 6) is 2.35. The maximum absolute atomic E-state index is 9.12. The lowest BCUT2D eigenvalue weighted by Gasteiger charge is -2.42. The quantitative estimate of drug-likeness (QED) is 0.731. The third-order valence-electron chi connectivity index (χ3n) is 4.48. The van der Waals surface area contributed by atoms with Crippen molar-refractivity contribution in [2.24, 2.45) is 17.8 Å². The molecular weight excluding hydrogens is 224 g/mol. The molecule has 3 nitrogen and oxygen atoms in total. The van der Waals surface area contributed by atoms with Crippen LogP contribution in [-0.2, 0) is 0 Å². The summed E-state index contributed by atoms with van der Waals surface area (Å²) in [4.78, 5) is 2.39. The second-order valence-corrected chi connectivity index (χ2v) is 6.00. The van der Waals surface area contributed by atoms with Crippen LogP contribution in [0, 0.1) is 17.8 Å². The smallest absolute Gasteiger partial charge is 0.0558 e. The largest absolute Gasteiger partial charge is 0.395 e. The Labute approximate surface area is 113 Å². The van der Waals surface area contributed by atoms with Gasteiger partial charge in [0.2, 0.25) is 0 Å². The molecule has 0 saturated heterocycles. The average molecular weight is 256 g/mol. The highest BCUT2D eigenvalue weighted by atomic mass is 16.3. The summed E-state index contributed by atoms with van der Waals surface area (Å²) in [7, 11) is 0. The van der Waals surface area contributed by atoms with Crippen molar-refractivity contribution >= 4 is 0 Å². The van der Waals surface area contributed by atoms with E-state index in [9.17, 15) is 0 Å². The highest BCUT2D eigenvalue weighted by Gasteiger charge is 2.34. The van der Waals surface area contributed by atoms with Crippen molar-refractivity contribution in [1.29, 1.82) is 0 Å². The van der Waals surface area contributed by atoms with Crippen LogP contribution in [0.3, 0.4) is 0 Å². The molecule has 0 bridgehead atoms. The minimum Gasteiger partial charge on any atom is -0.395 e. The zero-order valence-electron chi connectivity index (χ0n) is 12.7. The summed E-state index contributed by atoms with van der Waals surface area (Å²) in [6.07, 6.45) is 2.66. The lowest BCUT2D eigenvalue weighted by Crippen LogP contribution is -2.49. The van der Waals surface area contributed by atoms with Gasteiger partial charge >= 0.3 is 0 Å². The summed E-state index contributed by atoms with van der Waals surface area (Å²) < 4.78 is 0. The highest BCUT2D eigenvalue weighted by Crippen LogP contribution is 2.34. The molecule has 0 radical (unpaired) electrons. The van der Waals surface area contributed by atoms with Gasteiger partial charge in [0.15, 0.2) is 0 Å². The highest BCUT2D eigenvalue weighted by molar-refractivity contribution is 4.89. The van der Waals surface area contributed by atoms with Crippen molar-refractivity contribution in [3.63, 3.8) is 0 Å². The SMILES string of the molecule is CCNC1CC(C)CC(C)C1CN(CC)CCO. The van der Waals surface area contributed by atoms with Gasteiger partial charge in [-0.25, -0.2) is 0 Å². The normalized spacial score (nSPS) is 33.0. The molecule has 0 amide bonds. The van der Waals surface area contributed by atoms with Gasteiger partial charge in [-0.1, -0.05) is 27.7 Å². The molecule has 2 N–H and O–H groups in total. The topological polar surface area (TPSA) is 35.5 Å². The van der Waals surface area contributed by atoms with Gasteiger partial charge in [0.1, 0.15) is 0 Å². The summed E-state index contributed by atoms with van der Waals surface area (Å²) in [6, 6.07) is 0.654. The predicted octanol–water partition coefficient (Wildman–Crippen LogP) is 1.96. The number of hydrogen-bond acceptors (Lipinski definition) is 3. The molecule has 0 aliphatic heterocycles. The van der Waals surface area contributed by atoms with Crippen molar-refractivity contribution in [2.45, 2.75) is 46.6 Å². The van der Waals surface area contributed by atoms with Crippen LogP contribution >= 0.6 is 0 Å².